The molecule has 96 valence electrons. The van der Waals surface area contributed by atoms with Crippen molar-refractivity contribution in [3.8, 4) is 5.75 Å². The Kier molecular flexibility index (Phi) is 4.54. The van der Waals surface area contributed by atoms with Gasteiger partial charge in [0.2, 0.25) is 0 Å². The molecule has 0 aliphatic heterocycles. The topological polar surface area (TPSA) is 49.7 Å². The lowest BCUT2D eigenvalue weighted by molar-refractivity contribution is 0.181. The summed E-state index contributed by atoms with van der Waals surface area (Å²) in [6.07, 6.45) is 0.465. The van der Waals surface area contributed by atoms with Crippen LogP contribution >= 0.6 is 0 Å². The number of aliphatic hydroxyl groups is 1. The number of hydrogen-bond donors (Lipinski definition) is 2. The second-order valence-corrected chi connectivity index (χ2v) is 5.30. The van der Waals surface area contributed by atoms with Crippen molar-refractivity contribution in [3.05, 3.63) is 28.8 Å². The molecule has 0 unspecified atom stereocenters. The van der Waals surface area contributed by atoms with E-state index in [1.54, 1.807) is 7.11 Å². The summed E-state index contributed by atoms with van der Waals surface area (Å²) in [4.78, 5) is 0. The van der Waals surface area contributed by atoms with Gasteiger partial charge in [-0.15, -0.1) is 0 Å². The largest absolute Gasteiger partial charge is 0.507 e. The Hall–Kier alpha value is -1.06. The number of hydrogen-bond acceptors (Lipinski definition) is 3. The fourth-order valence-corrected chi connectivity index (χ4v) is 1.77. The third-order valence-electron chi connectivity index (χ3n) is 2.81. The number of phenols is 1. The fraction of sp³-hybridized carbons (Fsp3) is 0.571. The summed E-state index contributed by atoms with van der Waals surface area (Å²) >= 11 is 0. The lowest BCUT2D eigenvalue weighted by Crippen LogP contribution is -2.13. The monoisotopic (exact) mass is 238 g/mol. The number of benzene rings is 1. The summed E-state index contributed by atoms with van der Waals surface area (Å²) in [6, 6.07) is 3.93. The van der Waals surface area contributed by atoms with Crippen LogP contribution < -0.4 is 0 Å². The first-order valence-electron chi connectivity index (χ1n) is 5.85. The minimum absolute atomic E-state index is 0.0143. The highest BCUT2D eigenvalue weighted by molar-refractivity contribution is 5.45. The first-order valence-corrected chi connectivity index (χ1v) is 5.85. The molecule has 3 nitrogen and oxygen atoms in total. The first kappa shape index (κ1) is 14.0. The molecule has 3 heteroatoms. The van der Waals surface area contributed by atoms with Crippen LogP contribution in [0.25, 0.3) is 0 Å². The molecule has 0 saturated heterocycles. The average Bonchev–Trinajstić information content (AvgIpc) is 2.22. The summed E-state index contributed by atoms with van der Waals surface area (Å²) < 4.78 is 5.09. The molecular formula is C14H22O3. The van der Waals surface area contributed by atoms with Crippen LogP contribution in [0, 0.1) is 0 Å². The van der Waals surface area contributed by atoms with Gasteiger partial charge < -0.3 is 14.9 Å². The average molecular weight is 238 g/mol. The number of phenolic OH excluding ortho intramolecular Hbond substituents is 1. The van der Waals surface area contributed by atoms with Crippen molar-refractivity contribution in [1.29, 1.82) is 0 Å². The quantitative estimate of drug-likeness (QED) is 0.846. The zero-order valence-electron chi connectivity index (χ0n) is 11.1. The number of rotatable bonds is 4. The van der Waals surface area contributed by atoms with Crippen LogP contribution in [0.5, 0.6) is 5.75 Å². The van der Waals surface area contributed by atoms with Crippen molar-refractivity contribution in [2.24, 2.45) is 0 Å². The normalized spacial score (nSPS) is 11.8. The molecule has 0 heterocycles. The molecule has 0 amide bonds. The maximum atomic E-state index is 10.1. The predicted octanol–water partition coefficient (Wildman–Crippen LogP) is 2.37. The van der Waals surface area contributed by atoms with E-state index in [4.69, 9.17) is 9.84 Å². The van der Waals surface area contributed by atoms with Crippen molar-refractivity contribution in [1.82, 2.24) is 0 Å². The van der Waals surface area contributed by atoms with E-state index in [0.29, 0.717) is 13.0 Å². The van der Waals surface area contributed by atoms with Crippen molar-refractivity contribution < 1.29 is 14.9 Å². The zero-order chi connectivity index (χ0) is 13.1. The smallest absolute Gasteiger partial charge is 0.124 e. The molecule has 0 aliphatic rings. The van der Waals surface area contributed by atoms with Gasteiger partial charge in [-0.1, -0.05) is 26.8 Å². The predicted molar refractivity (Wildman–Crippen MR) is 68.3 cm³/mol. The molecule has 0 aliphatic carbocycles. The van der Waals surface area contributed by atoms with Crippen molar-refractivity contribution in [3.63, 3.8) is 0 Å². The lowest BCUT2D eigenvalue weighted by Gasteiger charge is -2.22. The fourth-order valence-electron chi connectivity index (χ4n) is 1.77. The standard InChI is InChI=1S/C14H22O3/c1-14(2,3)12-7-10(5-6-15)13(16)11(8-12)9-17-4/h7-8,15-16H,5-6,9H2,1-4H3. The van der Waals surface area contributed by atoms with Gasteiger partial charge in [-0.25, -0.2) is 0 Å². The van der Waals surface area contributed by atoms with Crippen LogP contribution in [0.4, 0.5) is 0 Å². The van der Waals surface area contributed by atoms with E-state index in [2.05, 4.69) is 20.8 Å². The van der Waals surface area contributed by atoms with E-state index in [9.17, 15) is 5.11 Å². The molecule has 0 aromatic heterocycles. The minimum atomic E-state index is 0.0143. The molecule has 17 heavy (non-hydrogen) atoms. The molecule has 0 bridgehead atoms. The van der Waals surface area contributed by atoms with Gasteiger partial charge in [-0.05, 0) is 29.0 Å². The second kappa shape index (κ2) is 5.52. The Labute approximate surface area is 103 Å². The van der Waals surface area contributed by atoms with Crippen LogP contribution in [0.1, 0.15) is 37.5 Å². The second-order valence-electron chi connectivity index (χ2n) is 5.30. The van der Waals surface area contributed by atoms with Crippen LogP contribution in [-0.4, -0.2) is 23.9 Å². The van der Waals surface area contributed by atoms with Gasteiger partial charge in [0.05, 0.1) is 6.61 Å². The number of aromatic hydroxyl groups is 1. The van der Waals surface area contributed by atoms with E-state index in [0.717, 1.165) is 16.7 Å². The Balaban J connectivity index is 3.26. The third kappa shape index (κ3) is 3.45. The van der Waals surface area contributed by atoms with E-state index in [1.165, 1.54) is 0 Å². The van der Waals surface area contributed by atoms with Crippen LogP contribution in [0.3, 0.4) is 0 Å². The maximum Gasteiger partial charge on any atom is 0.124 e. The lowest BCUT2D eigenvalue weighted by atomic mass is 9.84. The Bertz CT molecular complexity index is 351. The highest BCUT2D eigenvalue weighted by atomic mass is 16.5. The number of ether oxygens (including phenoxy) is 1. The van der Waals surface area contributed by atoms with Crippen LogP contribution in [-0.2, 0) is 23.2 Å². The molecule has 1 aromatic carbocycles. The van der Waals surface area contributed by atoms with E-state index < -0.39 is 0 Å². The van der Waals surface area contributed by atoms with Crippen molar-refractivity contribution in [2.45, 2.75) is 39.2 Å². The van der Waals surface area contributed by atoms with E-state index >= 15 is 0 Å². The molecule has 2 N–H and O–H groups in total. The SMILES string of the molecule is COCc1cc(C(C)(C)C)cc(CCO)c1O. The summed E-state index contributed by atoms with van der Waals surface area (Å²) in [5, 5.41) is 19.1. The summed E-state index contributed by atoms with van der Waals surface area (Å²) in [5.74, 6) is 0.244. The van der Waals surface area contributed by atoms with Crippen molar-refractivity contribution >= 4 is 0 Å². The van der Waals surface area contributed by atoms with Gasteiger partial charge in [0.1, 0.15) is 5.75 Å². The Morgan fingerprint density at radius 3 is 2.24 bits per heavy atom. The molecule has 0 fully saturated rings. The van der Waals surface area contributed by atoms with Gasteiger partial charge in [0.25, 0.3) is 0 Å². The zero-order valence-corrected chi connectivity index (χ0v) is 11.1. The molecule has 0 saturated carbocycles. The van der Waals surface area contributed by atoms with Gasteiger partial charge in [-0.3, -0.25) is 0 Å². The van der Waals surface area contributed by atoms with E-state index in [1.807, 2.05) is 12.1 Å². The maximum absolute atomic E-state index is 10.1. The van der Waals surface area contributed by atoms with Gasteiger partial charge in [-0.2, -0.15) is 0 Å². The van der Waals surface area contributed by atoms with Crippen molar-refractivity contribution in [2.75, 3.05) is 13.7 Å². The number of aliphatic hydroxyl groups excluding tert-OH is 1. The molecule has 1 aromatic rings. The summed E-state index contributed by atoms with van der Waals surface area (Å²) in [5.41, 5.74) is 2.72. The highest BCUT2D eigenvalue weighted by Gasteiger charge is 2.18. The molecule has 0 radical (unpaired) electrons. The van der Waals surface area contributed by atoms with Crippen LogP contribution in [0.15, 0.2) is 12.1 Å². The Morgan fingerprint density at radius 2 is 1.76 bits per heavy atom. The minimum Gasteiger partial charge on any atom is -0.507 e. The van der Waals surface area contributed by atoms with Gasteiger partial charge >= 0.3 is 0 Å². The van der Waals surface area contributed by atoms with Crippen LogP contribution in [0.2, 0.25) is 0 Å². The molecule has 0 atom stereocenters. The molecule has 1 rings (SSSR count). The summed E-state index contributed by atoms with van der Waals surface area (Å²) in [7, 11) is 1.61. The van der Waals surface area contributed by atoms with E-state index in [-0.39, 0.29) is 17.8 Å². The highest BCUT2D eigenvalue weighted by Crippen LogP contribution is 2.31. The Morgan fingerprint density at radius 1 is 1.18 bits per heavy atom. The third-order valence-corrected chi connectivity index (χ3v) is 2.81. The molecule has 0 spiro atoms. The number of methoxy groups -OCH3 is 1. The van der Waals surface area contributed by atoms with Gasteiger partial charge in [0, 0.05) is 19.3 Å². The summed E-state index contributed by atoms with van der Waals surface area (Å²) in [6.45, 7) is 6.79. The molecular weight excluding hydrogens is 216 g/mol. The first-order chi connectivity index (χ1) is 7.90. The van der Waals surface area contributed by atoms with Gasteiger partial charge in [0.15, 0.2) is 0 Å².